The Hall–Kier alpha value is -1.92. The van der Waals surface area contributed by atoms with Gasteiger partial charge >= 0.3 is 0 Å². The zero-order valence-corrected chi connectivity index (χ0v) is 11.2. The van der Waals surface area contributed by atoms with Gasteiger partial charge in [-0.25, -0.2) is 0 Å². The molecule has 1 aromatic rings. The molecule has 0 aliphatic heterocycles. The van der Waals surface area contributed by atoms with Crippen molar-refractivity contribution in [3.8, 4) is 0 Å². The molecule has 0 heterocycles. The first-order chi connectivity index (χ1) is 9.10. The van der Waals surface area contributed by atoms with Crippen molar-refractivity contribution in [3.63, 3.8) is 0 Å². The number of anilines is 1. The fourth-order valence-electron chi connectivity index (χ4n) is 1.59. The summed E-state index contributed by atoms with van der Waals surface area (Å²) in [4.78, 5) is 23.2. The van der Waals surface area contributed by atoms with Crippen LogP contribution in [0.15, 0.2) is 18.2 Å². The van der Waals surface area contributed by atoms with Gasteiger partial charge in [-0.05, 0) is 24.6 Å². The van der Waals surface area contributed by atoms with Crippen LogP contribution in [0.4, 0.5) is 5.69 Å². The number of ether oxygens (including phenoxy) is 1. The van der Waals surface area contributed by atoms with E-state index in [1.165, 1.54) is 0 Å². The Bertz CT molecular complexity index is 460. The topological polar surface area (TPSA) is 93.5 Å². The van der Waals surface area contributed by atoms with Crippen LogP contribution >= 0.6 is 0 Å². The van der Waals surface area contributed by atoms with Crippen molar-refractivity contribution in [2.75, 3.05) is 32.1 Å². The summed E-state index contributed by atoms with van der Waals surface area (Å²) >= 11 is 0. The minimum Gasteiger partial charge on any atom is -0.370 e. The molecule has 104 valence electrons. The molecule has 4 N–H and O–H groups in total. The Morgan fingerprint density at radius 3 is 2.74 bits per heavy atom. The quantitative estimate of drug-likeness (QED) is 0.643. The van der Waals surface area contributed by atoms with Gasteiger partial charge in [-0.3, -0.25) is 9.59 Å². The van der Waals surface area contributed by atoms with E-state index in [1.807, 2.05) is 0 Å². The minimum atomic E-state index is -0.273. The molecule has 0 atom stereocenters. The van der Waals surface area contributed by atoms with Gasteiger partial charge in [-0.15, -0.1) is 0 Å². The second-order valence-electron chi connectivity index (χ2n) is 3.95. The Balaban J connectivity index is 2.73. The predicted molar refractivity (Wildman–Crippen MR) is 73.1 cm³/mol. The summed E-state index contributed by atoms with van der Waals surface area (Å²) in [6.07, 6.45) is 0. The van der Waals surface area contributed by atoms with E-state index in [1.54, 1.807) is 32.2 Å². The largest absolute Gasteiger partial charge is 0.370 e. The lowest BCUT2D eigenvalue weighted by Crippen LogP contribution is -2.23. The maximum Gasteiger partial charge on any atom is 0.251 e. The van der Waals surface area contributed by atoms with Crippen LogP contribution in [-0.2, 0) is 9.53 Å². The third-order valence-corrected chi connectivity index (χ3v) is 2.57. The second kappa shape index (κ2) is 7.50. The summed E-state index contributed by atoms with van der Waals surface area (Å²) in [5, 5.41) is 5.26. The summed E-state index contributed by atoms with van der Waals surface area (Å²) in [5.74, 6) is -0.460. The van der Waals surface area contributed by atoms with Crippen LogP contribution in [0.2, 0.25) is 0 Å². The molecule has 0 spiro atoms. The zero-order valence-electron chi connectivity index (χ0n) is 11.2. The van der Waals surface area contributed by atoms with Crippen LogP contribution in [-0.4, -0.2) is 38.6 Å². The highest BCUT2D eigenvalue weighted by molar-refractivity contribution is 5.99. The molecule has 0 radical (unpaired) electrons. The SMILES string of the molecule is CNC(=O)c1cccc(NC(=O)COCCN)c1C. The summed E-state index contributed by atoms with van der Waals surface area (Å²) in [5.41, 5.74) is 7.11. The molecule has 0 aliphatic rings. The maximum atomic E-state index is 11.6. The molecular formula is C13H19N3O3. The fraction of sp³-hybridized carbons (Fsp3) is 0.385. The van der Waals surface area contributed by atoms with Crippen LogP contribution in [0.25, 0.3) is 0 Å². The number of amides is 2. The third-order valence-electron chi connectivity index (χ3n) is 2.57. The first kappa shape index (κ1) is 15.1. The number of rotatable bonds is 6. The first-order valence-electron chi connectivity index (χ1n) is 5.99. The number of benzene rings is 1. The molecule has 6 heteroatoms. The lowest BCUT2D eigenvalue weighted by atomic mass is 10.1. The van der Waals surface area contributed by atoms with Crippen molar-refractivity contribution < 1.29 is 14.3 Å². The van der Waals surface area contributed by atoms with Gasteiger partial charge < -0.3 is 21.1 Å². The van der Waals surface area contributed by atoms with Crippen LogP contribution in [0.3, 0.4) is 0 Å². The van der Waals surface area contributed by atoms with E-state index in [-0.39, 0.29) is 18.4 Å². The van der Waals surface area contributed by atoms with Crippen molar-refractivity contribution in [2.45, 2.75) is 6.92 Å². The van der Waals surface area contributed by atoms with Gasteiger partial charge in [0.2, 0.25) is 5.91 Å². The highest BCUT2D eigenvalue weighted by Gasteiger charge is 2.11. The first-order valence-corrected chi connectivity index (χ1v) is 5.99. The van der Waals surface area contributed by atoms with E-state index in [0.717, 1.165) is 0 Å². The molecule has 0 aromatic heterocycles. The van der Waals surface area contributed by atoms with Crippen LogP contribution in [0, 0.1) is 6.92 Å². The number of hydrogen-bond acceptors (Lipinski definition) is 4. The van der Waals surface area contributed by atoms with Gasteiger partial charge in [0.05, 0.1) is 6.61 Å². The lowest BCUT2D eigenvalue weighted by Gasteiger charge is -2.11. The molecule has 2 amide bonds. The molecule has 0 saturated heterocycles. The van der Waals surface area contributed by atoms with E-state index in [4.69, 9.17) is 10.5 Å². The van der Waals surface area contributed by atoms with Crippen LogP contribution in [0.1, 0.15) is 15.9 Å². The van der Waals surface area contributed by atoms with Gasteiger partial charge in [0.1, 0.15) is 6.61 Å². The van der Waals surface area contributed by atoms with Crippen molar-refractivity contribution in [1.29, 1.82) is 0 Å². The standard InChI is InChI=1S/C13H19N3O3/c1-9-10(13(18)15-2)4-3-5-11(9)16-12(17)8-19-7-6-14/h3-5H,6-8,14H2,1-2H3,(H,15,18)(H,16,17). The summed E-state index contributed by atoms with van der Waals surface area (Å²) < 4.78 is 5.04. The maximum absolute atomic E-state index is 11.6. The number of nitrogens with one attached hydrogen (secondary N) is 2. The zero-order chi connectivity index (χ0) is 14.3. The van der Waals surface area contributed by atoms with Crippen molar-refractivity contribution in [3.05, 3.63) is 29.3 Å². The van der Waals surface area contributed by atoms with Gasteiger partial charge in [-0.1, -0.05) is 6.07 Å². The third kappa shape index (κ3) is 4.35. The minimum absolute atomic E-state index is 0.0547. The highest BCUT2D eigenvalue weighted by Crippen LogP contribution is 2.18. The molecule has 1 rings (SSSR count). The van der Waals surface area contributed by atoms with Gasteiger partial charge in [0.25, 0.3) is 5.91 Å². The average Bonchev–Trinajstić information content (AvgIpc) is 2.40. The van der Waals surface area contributed by atoms with E-state index < -0.39 is 0 Å². The normalized spacial score (nSPS) is 10.1. The number of carbonyl (C=O) groups is 2. The average molecular weight is 265 g/mol. The summed E-state index contributed by atoms with van der Waals surface area (Å²) in [6.45, 7) is 2.44. The predicted octanol–water partition coefficient (Wildman–Crippen LogP) is 0.268. The van der Waals surface area contributed by atoms with Crippen molar-refractivity contribution in [1.82, 2.24) is 5.32 Å². The molecule has 0 bridgehead atoms. The number of hydrogen-bond donors (Lipinski definition) is 3. The molecule has 0 aliphatic carbocycles. The Kier molecular flexibility index (Phi) is 5.98. The molecule has 19 heavy (non-hydrogen) atoms. The molecular weight excluding hydrogens is 246 g/mol. The van der Waals surface area contributed by atoms with Crippen molar-refractivity contribution in [2.24, 2.45) is 5.73 Å². The van der Waals surface area contributed by atoms with E-state index in [2.05, 4.69) is 10.6 Å². The van der Waals surface area contributed by atoms with Crippen molar-refractivity contribution >= 4 is 17.5 Å². The van der Waals surface area contributed by atoms with Gasteiger partial charge in [0.15, 0.2) is 0 Å². The Morgan fingerprint density at radius 1 is 1.37 bits per heavy atom. The van der Waals surface area contributed by atoms with Gasteiger partial charge in [0, 0.05) is 24.8 Å². The van der Waals surface area contributed by atoms with Gasteiger partial charge in [-0.2, -0.15) is 0 Å². The summed E-state index contributed by atoms with van der Waals surface area (Å²) in [7, 11) is 1.56. The van der Waals surface area contributed by atoms with Crippen LogP contribution < -0.4 is 16.4 Å². The second-order valence-corrected chi connectivity index (χ2v) is 3.95. The number of carbonyl (C=O) groups excluding carboxylic acids is 2. The Morgan fingerprint density at radius 2 is 2.11 bits per heavy atom. The van der Waals surface area contributed by atoms with E-state index >= 15 is 0 Å². The molecule has 0 saturated carbocycles. The van der Waals surface area contributed by atoms with E-state index in [0.29, 0.717) is 30.0 Å². The monoisotopic (exact) mass is 265 g/mol. The van der Waals surface area contributed by atoms with E-state index in [9.17, 15) is 9.59 Å². The van der Waals surface area contributed by atoms with Crippen LogP contribution in [0.5, 0.6) is 0 Å². The fourth-order valence-corrected chi connectivity index (χ4v) is 1.59. The smallest absolute Gasteiger partial charge is 0.251 e. The molecule has 6 nitrogen and oxygen atoms in total. The highest BCUT2D eigenvalue weighted by atomic mass is 16.5. The summed E-state index contributed by atoms with van der Waals surface area (Å²) in [6, 6.07) is 5.16. The Labute approximate surface area is 112 Å². The lowest BCUT2D eigenvalue weighted by molar-refractivity contribution is -0.120. The molecule has 0 unspecified atom stereocenters. The molecule has 0 fully saturated rings. The molecule has 1 aromatic carbocycles. The number of nitrogens with two attached hydrogens (primary N) is 1.